The summed E-state index contributed by atoms with van der Waals surface area (Å²) in [4.78, 5) is 27.9. The maximum atomic E-state index is 13.0. The number of carbonyl (C=O) groups excluding carboxylic acids is 1. The number of rotatable bonds is 8. The van der Waals surface area contributed by atoms with Crippen molar-refractivity contribution in [3.8, 4) is 16.9 Å². The van der Waals surface area contributed by atoms with E-state index in [0.29, 0.717) is 46.8 Å². The number of nitrogens with zero attached hydrogens (tertiary/aromatic N) is 1. The number of hydrogen-bond donors (Lipinski definition) is 3. The molecule has 0 spiro atoms. The monoisotopic (exact) mass is 521 g/mol. The lowest BCUT2D eigenvalue weighted by Crippen LogP contribution is -2.13. The van der Waals surface area contributed by atoms with Gasteiger partial charge in [0.15, 0.2) is 0 Å². The van der Waals surface area contributed by atoms with E-state index in [1.807, 2.05) is 0 Å². The average Bonchev–Trinajstić information content (AvgIpc) is 2.89. The number of amides is 2. The Morgan fingerprint density at radius 1 is 0.842 bits per heavy atom. The molecule has 1 aromatic heterocycles. The predicted octanol–water partition coefficient (Wildman–Crippen LogP) is 6.73. The fourth-order valence-corrected chi connectivity index (χ4v) is 3.68. The van der Waals surface area contributed by atoms with Crippen LogP contribution in [0.2, 0.25) is 0 Å². The minimum absolute atomic E-state index is 0.231. The van der Waals surface area contributed by atoms with Gasteiger partial charge in [0, 0.05) is 23.4 Å². The number of alkyl halides is 3. The van der Waals surface area contributed by atoms with Gasteiger partial charge in [-0.2, -0.15) is 13.2 Å². The summed E-state index contributed by atoms with van der Waals surface area (Å²) in [5.41, 5.74) is 1.73. The van der Waals surface area contributed by atoms with Gasteiger partial charge in [-0.3, -0.25) is 10.1 Å². The van der Waals surface area contributed by atoms with Gasteiger partial charge in [0.2, 0.25) is 0 Å². The third-order valence-corrected chi connectivity index (χ3v) is 5.48. The molecule has 0 aliphatic heterocycles. The second-order valence-corrected chi connectivity index (χ2v) is 8.14. The number of benzene rings is 3. The number of pyridine rings is 1. The van der Waals surface area contributed by atoms with Crippen molar-refractivity contribution in [2.24, 2.45) is 0 Å². The van der Waals surface area contributed by atoms with Gasteiger partial charge in [-0.1, -0.05) is 36.4 Å². The normalized spacial score (nSPS) is 11.0. The minimum atomic E-state index is -4.44. The number of hydrogen-bond acceptors (Lipinski definition) is 4. The molecule has 1 heterocycles. The number of carbonyl (C=O) groups is 2. The average molecular weight is 521 g/mol. The van der Waals surface area contributed by atoms with Gasteiger partial charge in [0.1, 0.15) is 11.6 Å². The van der Waals surface area contributed by atoms with E-state index in [0.717, 1.165) is 12.1 Å². The van der Waals surface area contributed by atoms with Crippen LogP contribution in [-0.4, -0.2) is 28.7 Å². The van der Waals surface area contributed by atoms with Crippen molar-refractivity contribution in [3.63, 3.8) is 0 Å². The first-order valence-corrected chi connectivity index (χ1v) is 11.5. The fourth-order valence-electron chi connectivity index (χ4n) is 3.68. The first-order valence-electron chi connectivity index (χ1n) is 11.5. The Labute approximate surface area is 215 Å². The van der Waals surface area contributed by atoms with E-state index in [2.05, 4.69) is 15.6 Å². The molecule has 0 saturated carbocycles. The van der Waals surface area contributed by atoms with E-state index in [9.17, 15) is 22.8 Å². The molecule has 10 heteroatoms. The smallest absolute Gasteiger partial charge is 0.416 e. The van der Waals surface area contributed by atoms with Gasteiger partial charge in [-0.25, -0.2) is 9.78 Å². The lowest BCUT2D eigenvalue weighted by atomic mass is 9.98. The Balaban J connectivity index is 1.36. The molecule has 3 aromatic carbocycles. The molecule has 4 aromatic rings. The van der Waals surface area contributed by atoms with E-state index >= 15 is 0 Å². The van der Waals surface area contributed by atoms with Crippen LogP contribution in [0.4, 0.5) is 29.5 Å². The molecule has 3 N–H and O–H groups in total. The quantitative estimate of drug-likeness (QED) is 0.239. The molecular weight excluding hydrogens is 499 g/mol. The lowest BCUT2D eigenvalue weighted by molar-refractivity contribution is -0.137. The van der Waals surface area contributed by atoms with Crippen molar-refractivity contribution >= 4 is 23.5 Å². The van der Waals surface area contributed by atoms with Crippen LogP contribution in [0.5, 0.6) is 5.75 Å². The van der Waals surface area contributed by atoms with E-state index in [4.69, 9.17) is 9.84 Å². The third kappa shape index (κ3) is 6.88. The fraction of sp³-hybridized carbons (Fsp3) is 0.107. The summed E-state index contributed by atoms with van der Waals surface area (Å²) in [5.74, 6) is 0.387. The molecule has 7 nitrogen and oxygen atoms in total. The molecule has 0 aliphatic carbocycles. The van der Waals surface area contributed by atoms with Crippen LogP contribution in [0.15, 0.2) is 91.0 Å². The standard InChI is InChI=1S/C28H22F3N3O4/c29-28(30,31)19-10-8-18(9-11-19)23-5-1-2-6-24(23)26(35)33-21-12-14-22(15-13-21)38-17-16-20-4-3-7-25(32-20)34-27(36)37/h1-15H,16-17H2,(H,32,34)(H,33,35)(H,36,37). The van der Waals surface area contributed by atoms with Gasteiger partial charge in [-0.15, -0.1) is 0 Å². The zero-order valence-corrected chi connectivity index (χ0v) is 19.8. The Morgan fingerprint density at radius 2 is 1.55 bits per heavy atom. The van der Waals surface area contributed by atoms with Crippen molar-refractivity contribution in [1.29, 1.82) is 0 Å². The zero-order valence-electron chi connectivity index (χ0n) is 19.8. The summed E-state index contributed by atoms with van der Waals surface area (Å²) >= 11 is 0. The van der Waals surface area contributed by atoms with Gasteiger partial charge < -0.3 is 15.2 Å². The Hall–Kier alpha value is -4.86. The van der Waals surface area contributed by atoms with Gasteiger partial charge in [-0.05, 0) is 65.7 Å². The van der Waals surface area contributed by atoms with E-state index < -0.39 is 23.7 Å². The number of nitrogens with one attached hydrogen (secondary N) is 2. The van der Waals surface area contributed by atoms with E-state index in [1.54, 1.807) is 66.7 Å². The van der Waals surface area contributed by atoms with Crippen molar-refractivity contribution in [2.75, 3.05) is 17.2 Å². The van der Waals surface area contributed by atoms with Crippen molar-refractivity contribution in [2.45, 2.75) is 12.6 Å². The maximum absolute atomic E-state index is 13.0. The third-order valence-electron chi connectivity index (χ3n) is 5.48. The molecular formula is C28H22F3N3O4. The Kier molecular flexibility index (Phi) is 7.91. The van der Waals surface area contributed by atoms with Crippen LogP contribution in [0.3, 0.4) is 0 Å². The van der Waals surface area contributed by atoms with Gasteiger partial charge in [0.05, 0.1) is 12.2 Å². The largest absolute Gasteiger partial charge is 0.493 e. The van der Waals surface area contributed by atoms with E-state index in [-0.39, 0.29) is 5.82 Å². The van der Waals surface area contributed by atoms with Crippen molar-refractivity contribution < 1.29 is 32.6 Å². The SMILES string of the molecule is O=C(O)Nc1cccc(CCOc2ccc(NC(=O)c3ccccc3-c3ccc(C(F)(F)F)cc3)cc2)n1. The summed E-state index contributed by atoms with van der Waals surface area (Å²) in [6.45, 7) is 0.301. The maximum Gasteiger partial charge on any atom is 0.416 e. The molecule has 0 bridgehead atoms. The Bertz CT molecular complexity index is 1420. The summed E-state index contributed by atoms with van der Waals surface area (Å²) in [6.07, 6.45) is -5.18. The first-order chi connectivity index (χ1) is 18.2. The molecule has 0 aliphatic rings. The number of aromatic nitrogens is 1. The molecule has 194 valence electrons. The predicted molar refractivity (Wildman–Crippen MR) is 136 cm³/mol. The molecule has 0 unspecified atom stereocenters. The highest BCUT2D eigenvalue weighted by atomic mass is 19.4. The van der Waals surface area contributed by atoms with Gasteiger partial charge in [0.25, 0.3) is 5.91 Å². The highest BCUT2D eigenvalue weighted by Crippen LogP contribution is 2.32. The van der Waals surface area contributed by atoms with Crippen LogP contribution in [0.25, 0.3) is 11.1 Å². The molecule has 0 saturated heterocycles. The highest BCUT2D eigenvalue weighted by Gasteiger charge is 2.30. The van der Waals surface area contributed by atoms with Crippen LogP contribution < -0.4 is 15.4 Å². The topological polar surface area (TPSA) is 101 Å². The molecule has 38 heavy (non-hydrogen) atoms. The summed E-state index contributed by atoms with van der Waals surface area (Å²) in [6, 6.07) is 23.1. The van der Waals surface area contributed by atoms with Crippen molar-refractivity contribution in [1.82, 2.24) is 4.98 Å². The number of ether oxygens (including phenoxy) is 1. The second-order valence-electron chi connectivity index (χ2n) is 8.14. The first kappa shape index (κ1) is 26.2. The number of halogens is 3. The second kappa shape index (κ2) is 11.5. The molecule has 0 radical (unpaired) electrons. The summed E-state index contributed by atoms with van der Waals surface area (Å²) in [5, 5.41) is 13.8. The van der Waals surface area contributed by atoms with Crippen LogP contribution >= 0.6 is 0 Å². The lowest BCUT2D eigenvalue weighted by Gasteiger charge is -2.12. The molecule has 0 fully saturated rings. The summed E-state index contributed by atoms with van der Waals surface area (Å²) < 4.78 is 44.4. The van der Waals surface area contributed by atoms with E-state index in [1.165, 1.54) is 12.1 Å². The number of anilines is 2. The van der Waals surface area contributed by atoms with Crippen molar-refractivity contribution in [3.05, 3.63) is 108 Å². The van der Waals surface area contributed by atoms with Gasteiger partial charge >= 0.3 is 12.3 Å². The van der Waals surface area contributed by atoms with Crippen LogP contribution in [0, 0.1) is 0 Å². The minimum Gasteiger partial charge on any atom is -0.493 e. The van der Waals surface area contributed by atoms with Crippen LogP contribution in [0.1, 0.15) is 21.6 Å². The molecule has 4 rings (SSSR count). The summed E-state index contributed by atoms with van der Waals surface area (Å²) in [7, 11) is 0. The highest BCUT2D eigenvalue weighted by molar-refractivity contribution is 6.08. The molecule has 2 amide bonds. The number of carboxylic acid groups (broad SMARTS) is 1. The van der Waals surface area contributed by atoms with Crippen LogP contribution in [-0.2, 0) is 12.6 Å². The zero-order chi connectivity index (χ0) is 27.1. The molecule has 0 atom stereocenters. The Morgan fingerprint density at radius 3 is 2.24 bits per heavy atom.